The SMILES string of the molecule is Cc1cc(N2CCC(Cc3cnn(C)c3)C2)nc(-c2cccnc2)n1. The minimum Gasteiger partial charge on any atom is -0.356 e. The molecule has 0 amide bonds. The lowest BCUT2D eigenvalue weighted by atomic mass is 10.0. The highest BCUT2D eigenvalue weighted by molar-refractivity contribution is 5.57. The summed E-state index contributed by atoms with van der Waals surface area (Å²) in [6, 6.07) is 5.99. The second-order valence-electron chi connectivity index (χ2n) is 6.76. The molecule has 6 nitrogen and oxygen atoms in total. The number of aromatic nitrogens is 5. The predicted molar refractivity (Wildman–Crippen MR) is 97.2 cm³/mol. The second kappa shape index (κ2) is 6.63. The van der Waals surface area contributed by atoms with E-state index in [-0.39, 0.29) is 0 Å². The molecule has 128 valence electrons. The van der Waals surface area contributed by atoms with E-state index in [2.05, 4.69) is 32.2 Å². The topological polar surface area (TPSA) is 59.7 Å². The van der Waals surface area contributed by atoms with Gasteiger partial charge in [-0.2, -0.15) is 5.10 Å². The Kier molecular flexibility index (Phi) is 4.17. The van der Waals surface area contributed by atoms with Crippen molar-refractivity contribution in [1.82, 2.24) is 24.7 Å². The summed E-state index contributed by atoms with van der Waals surface area (Å²) in [6.45, 7) is 4.08. The fraction of sp³-hybridized carbons (Fsp3) is 0.368. The van der Waals surface area contributed by atoms with Crippen molar-refractivity contribution in [3.63, 3.8) is 0 Å². The predicted octanol–water partition coefficient (Wildman–Crippen LogP) is 2.65. The smallest absolute Gasteiger partial charge is 0.163 e. The van der Waals surface area contributed by atoms with Crippen LogP contribution in [0.1, 0.15) is 17.7 Å². The molecule has 1 saturated heterocycles. The molecule has 0 aromatic carbocycles. The molecule has 6 heteroatoms. The van der Waals surface area contributed by atoms with Gasteiger partial charge in [0, 0.05) is 56.1 Å². The average Bonchev–Trinajstić information content (AvgIpc) is 3.25. The molecule has 4 rings (SSSR count). The molecule has 0 spiro atoms. The minimum atomic E-state index is 0.640. The van der Waals surface area contributed by atoms with Gasteiger partial charge < -0.3 is 4.90 Å². The molecule has 0 N–H and O–H groups in total. The summed E-state index contributed by atoms with van der Waals surface area (Å²) < 4.78 is 1.87. The van der Waals surface area contributed by atoms with Crippen molar-refractivity contribution in [1.29, 1.82) is 0 Å². The van der Waals surface area contributed by atoms with Gasteiger partial charge in [-0.15, -0.1) is 0 Å². The lowest BCUT2D eigenvalue weighted by molar-refractivity contribution is 0.586. The zero-order valence-corrected chi connectivity index (χ0v) is 14.6. The Hall–Kier alpha value is -2.76. The van der Waals surface area contributed by atoms with Crippen LogP contribution in [-0.2, 0) is 13.5 Å². The highest BCUT2D eigenvalue weighted by Gasteiger charge is 2.24. The second-order valence-corrected chi connectivity index (χ2v) is 6.76. The van der Waals surface area contributed by atoms with Gasteiger partial charge in [-0.3, -0.25) is 9.67 Å². The first kappa shape index (κ1) is 15.7. The zero-order chi connectivity index (χ0) is 17.2. The number of anilines is 1. The van der Waals surface area contributed by atoms with Crippen molar-refractivity contribution in [2.24, 2.45) is 13.0 Å². The maximum atomic E-state index is 4.79. The van der Waals surface area contributed by atoms with E-state index in [1.165, 1.54) is 12.0 Å². The van der Waals surface area contributed by atoms with Crippen LogP contribution in [0.25, 0.3) is 11.4 Å². The summed E-state index contributed by atoms with van der Waals surface area (Å²) in [5.74, 6) is 2.40. The maximum absolute atomic E-state index is 4.79. The summed E-state index contributed by atoms with van der Waals surface area (Å²) in [4.78, 5) is 15.9. The highest BCUT2D eigenvalue weighted by Crippen LogP contribution is 2.27. The molecule has 3 aromatic heterocycles. The quantitative estimate of drug-likeness (QED) is 0.734. The number of hydrogen-bond acceptors (Lipinski definition) is 5. The summed E-state index contributed by atoms with van der Waals surface area (Å²) in [5, 5.41) is 4.27. The highest BCUT2D eigenvalue weighted by atomic mass is 15.2. The maximum Gasteiger partial charge on any atom is 0.163 e. The first-order chi connectivity index (χ1) is 12.2. The molecule has 0 saturated carbocycles. The molecule has 3 aromatic rings. The van der Waals surface area contributed by atoms with E-state index in [4.69, 9.17) is 4.98 Å². The fourth-order valence-electron chi connectivity index (χ4n) is 3.46. The molecule has 25 heavy (non-hydrogen) atoms. The number of aryl methyl sites for hydroxylation is 2. The molecule has 1 atom stereocenters. The molecule has 1 unspecified atom stereocenters. The molecule has 1 aliphatic rings. The third-order valence-electron chi connectivity index (χ3n) is 4.65. The minimum absolute atomic E-state index is 0.640. The lowest BCUT2D eigenvalue weighted by Crippen LogP contribution is -2.22. The van der Waals surface area contributed by atoms with E-state index in [1.807, 2.05) is 43.2 Å². The zero-order valence-electron chi connectivity index (χ0n) is 14.6. The Balaban J connectivity index is 1.51. The third kappa shape index (κ3) is 3.52. The van der Waals surface area contributed by atoms with Crippen LogP contribution in [0, 0.1) is 12.8 Å². The summed E-state index contributed by atoms with van der Waals surface area (Å²) in [5.41, 5.74) is 3.25. The average molecular weight is 334 g/mol. The van der Waals surface area contributed by atoms with Crippen LogP contribution in [0.4, 0.5) is 5.82 Å². The van der Waals surface area contributed by atoms with Crippen molar-refractivity contribution in [3.8, 4) is 11.4 Å². The number of rotatable bonds is 4. The van der Waals surface area contributed by atoms with Crippen LogP contribution in [0.2, 0.25) is 0 Å². The van der Waals surface area contributed by atoms with Gasteiger partial charge >= 0.3 is 0 Å². The number of hydrogen-bond donors (Lipinski definition) is 0. The summed E-state index contributed by atoms with van der Waals surface area (Å²) >= 11 is 0. The Morgan fingerprint density at radius 2 is 2.16 bits per heavy atom. The van der Waals surface area contributed by atoms with E-state index >= 15 is 0 Å². The van der Waals surface area contributed by atoms with Crippen LogP contribution >= 0.6 is 0 Å². The van der Waals surface area contributed by atoms with Crippen LogP contribution in [0.3, 0.4) is 0 Å². The van der Waals surface area contributed by atoms with Crippen LogP contribution < -0.4 is 4.90 Å². The van der Waals surface area contributed by atoms with Crippen LogP contribution in [0.5, 0.6) is 0 Å². The summed E-state index contributed by atoms with van der Waals surface area (Å²) in [6.07, 6.45) is 9.91. The standard InChI is InChI=1S/C19H22N6/c1-14-8-18(23-19(22-14)17-4-3-6-20-11-17)25-7-5-15(13-25)9-16-10-21-24(2)12-16/h3-4,6,8,10-12,15H,5,7,9,13H2,1-2H3. The third-order valence-corrected chi connectivity index (χ3v) is 4.65. The van der Waals surface area contributed by atoms with E-state index < -0.39 is 0 Å². The fourth-order valence-corrected chi connectivity index (χ4v) is 3.46. The largest absolute Gasteiger partial charge is 0.356 e. The van der Waals surface area contributed by atoms with Crippen LogP contribution in [0.15, 0.2) is 43.0 Å². The Bertz CT molecular complexity index is 857. The molecule has 0 aliphatic carbocycles. The molecule has 4 heterocycles. The van der Waals surface area contributed by atoms with Gasteiger partial charge in [0.05, 0.1) is 6.20 Å². The summed E-state index contributed by atoms with van der Waals surface area (Å²) in [7, 11) is 1.97. The Labute approximate surface area is 147 Å². The first-order valence-electron chi connectivity index (χ1n) is 8.66. The molecule has 1 aliphatic heterocycles. The van der Waals surface area contributed by atoms with Crippen molar-refractivity contribution >= 4 is 5.82 Å². The first-order valence-corrected chi connectivity index (χ1v) is 8.66. The molecule has 0 radical (unpaired) electrons. The van der Waals surface area contributed by atoms with E-state index in [1.54, 1.807) is 6.20 Å². The number of nitrogens with zero attached hydrogens (tertiary/aromatic N) is 6. The lowest BCUT2D eigenvalue weighted by Gasteiger charge is -2.18. The normalized spacial score (nSPS) is 17.2. The molecular weight excluding hydrogens is 312 g/mol. The van der Waals surface area contributed by atoms with Gasteiger partial charge in [0.2, 0.25) is 0 Å². The monoisotopic (exact) mass is 334 g/mol. The Morgan fingerprint density at radius 3 is 2.92 bits per heavy atom. The van der Waals surface area contributed by atoms with Gasteiger partial charge in [-0.25, -0.2) is 9.97 Å². The van der Waals surface area contributed by atoms with Crippen molar-refractivity contribution in [3.05, 3.63) is 54.2 Å². The van der Waals surface area contributed by atoms with Crippen molar-refractivity contribution in [2.45, 2.75) is 19.8 Å². The Morgan fingerprint density at radius 1 is 1.24 bits per heavy atom. The van der Waals surface area contributed by atoms with Gasteiger partial charge in [-0.1, -0.05) is 0 Å². The van der Waals surface area contributed by atoms with Crippen molar-refractivity contribution < 1.29 is 0 Å². The van der Waals surface area contributed by atoms with E-state index in [0.29, 0.717) is 5.92 Å². The van der Waals surface area contributed by atoms with Crippen molar-refractivity contribution in [2.75, 3.05) is 18.0 Å². The van der Waals surface area contributed by atoms with E-state index in [9.17, 15) is 0 Å². The van der Waals surface area contributed by atoms with Gasteiger partial charge in [0.1, 0.15) is 5.82 Å². The molecular formula is C19H22N6. The van der Waals surface area contributed by atoms with E-state index in [0.717, 1.165) is 42.4 Å². The van der Waals surface area contributed by atoms with Gasteiger partial charge in [-0.05, 0) is 43.4 Å². The molecule has 1 fully saturated rings. The van der Waals surface area contributed by atoms with Gasteiger partial charge in [0.25, 0.3) is 0 Å². The molecule has 0 bridgehead atoms. The number of pyridine rings is 1. The van der Waals surface area contributed by atoms with Crippen LogP contribution in [-0.4, -0.2) is 37.8 Å². The van der Waals surface area contributed by atoms with Gasteiger partial charge in [0.15, 0.2) is 5.82 Å².